The number of aromatic nitrogens is 1. The first-order valence-corrected chi connectivity index (χ1v) is 8.87. The number of anilines is 1. The molecule has 0 bridgehead atoms. The third-order valence-corrected chi connectivity index (χ3v) is 4.86. The van der Waals surface area contributed by atoms with Crippen LogP contribution in [-0.4, -0.2) is 10.7 Å². The number of fused-ring (bicyclic) bond motifs is 1. The summed E-state index contributed by atoms with van der Waals surface area (Å²) in [7, 11) is 0. The number of hydrogen-bond donors (Lipinski definition) is 1. The SMILES string of the molecule is C/C(=N\Nc1ncc(-c2cc3ccccc3oc2=O)s1)c1ccccc1. The van der Waals surface area contributed by atoms with Crippen molar-refractivity contribution >= 4 is 33.1 Å². The van der Waals surface area contributed by atoms with Crippen LogP contribution in [0.5, 0.6) is 0 Å². The molecule has 0 saturated heterocycles. The van der Waals surface area contributed by atoms with E-state index in [-0.39, 0.29) is 5.63 Å². The van der Waals surface area contributed by atoms with Gasteiger partial charge in [-0.1, -0.05) is 59.9 Å². The van der Waals surface area contributed by atoms with Crippen molar-refractivity contribution in [1.29, 1.82) is 0 Å². The maximum Gasteiger partial charge on any atom is 0.345 e. The number of nitrogens with one attached hydrogen (secondary N) is 1. The van der Waals surface area contributed by atoms with E-state index in [0.717, 1.165) is 21.5 Å². The molecule has 5 nitrogen and oxygen atoms in total. The van der Waals surface area contributed by atoms with Gasteiger partial charge in [-0.25, -0.2) is 9.78 Å². The summed E-state index contributed by atoms with van der Waals surface area (Å²) >= 11 is 1.36. The Morgan fingerprint density at radius 1 is 1.12 bits per heavy atom. The molecule has 0 unspecified atom stereocenters. The van der Waals surface area contributed by atoms with Crippen molar-refractivity contribution in [2.75, 3.05) is 5.43 Å². The number of hydrazone groups is 1. The first kappa shape index (κ1) is 16.2. The molecule has 0 aliphatic rings. The van der Waals surface area contributed by atoms with Crippen molar-refractivity contribution in [3.63, 3.8) is 0 Å². The van der Waals surface area contributed by atoms with Crippen molar-refractivity contribution in [1.82, 2.24) is 4.98 Å². The number of nitrogens with zero attached hydrogens (tertiary/aromatic N) is 2. The quantitative estimate of drug-likeness (QED) is 0.323. The molecule has 1 N–H and O–H groups in total. The van der Waals surface area contributed by atoms with Crippen molar-refractivity contribution in [3.05, 3.63) is 82.8 Å². The summed E-state index contributed by atoms with van der Waals surface area (Å²) in [5, 5.41) is 5.85. The van der Waals surface area contributed by atoms with E-state index >= 15 is 0 Å². The Bertz CT molecular complexity index is 1150. The third-order valence-electron chi connectivity index (χ3n) is 3.92. The van der Waals surface area contributed by atoms with Crippen LogP contribution in [0.1, 0.15) is 12.5 Å². The second kappa shape index (κ2) is 6.93. The van der Waals surface area contributed by atoms with Crippen LogP contribution in [-0.2, 0) is 0 Å². The Balaban J connectivity index is 1.61. The molecule has 0 saturated carbocycles. The van der Waals surface area contributed by atoms with Gasteiger partial charge in [0.05, 0.1) is 16.2 Å². The van der Waals surface area contributed by atoms with Crippen molar-refractivity contribution in [3.8, 4) is 10.4 Å². The molecular weight excluding hydrogens is 346 g/mol. The molecular formula is C20H15N3O2S. The highest BCUT2D eigenvalue weighted by molar-refractivity contribution is 7.18. The van der Waals surface area contributed by atoms with Crippen molar-refractivity contribution < 1.29 is 4.42 Å². The average Bonchev–Trinajstić information content (AvgIpc) is 3.15. The van der Waals surface area contributed by atoms with Gasteiger partial charge in [0.1, 0.15) is 5.58 Å². The van der Waals surface area contributed by atoms with Crippen molar-refractivity contribution in [2.24, 2.45) is 5.10 Å². The predicted octanol–water partition coefficient (Wildman–Crippen LogP) is 4.75. The molecule has 0 aliphatic heterocycles. The topological polar surface area (TPSA) is 67.5 Å². The Labute approximate surface area is 153 Å². The lowest BCUT2D eigenvalue weighted by Crippen LogP contribution is -2.01. The van der Waals surface area contributed by atoms with Gasteiger partial charge in [-0.3, -0.25) is 5.43 Å². The lowest BCUT2D eigenvalue weighted by molar-refractivity contribution is 0.563. The summed E-state index contributed by atoms with van der Waals surface area (Å²) in [5.41, 5.74) is 5.54. The van der Waals surface area contributed by atoms with Crippen LogP contribution in [0.2, 0.25) is 0 Å². The average molecular weight is 361 g/mol. The fraction of sp³-hybridized carbons (Fsp3) is 0.0500. The molecule has 2 aromatic carbocycles. The second-order valence-corrected chi connectivity index (χ2v) is 6.72. The molecule has 6 heteroatoms. The molecule has 0 atom stereocenters. The number of rotatable bonds is 4. The fourth-order valence-corrected chi connectivity index (χ4v) is 3.32. The van der Waals surface area contributed by atoms with Crippen molar-refractivity contribution in [2.45, 2.75) is 6.92 Å². The predicted molar refractivity (Wildman–Crippen MR) is 106 cm³/mol. The smallest absolute Gasteiger partial charge is 0.345 e. The Morgan fingerprint density at radius 2 is 1.88 bits per heavy atom. The fourth-order valence-electron chi connectivity index (χ4n) is 2.56. The lowest BCUT2D eigenvalue weighted by Gasteiger charge is -2.00. The van der Waals surface area contributed by atoms with E-state index in [4.69, 9.17) is 4.42 Å². The molecule has 128 valence electrons. The number of thiazole rings is 1. The highest BCUT2D eigenvalue weighted by Crippen LogP contribution is 2.28. The molecule has 0 spiro atoms. The maximum atomic E-state index is 12.3. The van der Waals surface area contributed by atoms with Crippen LogP contribution in [0.15, 0.2) is 81.2 Å². The second-order valence-electron chi connectivity index (χ2n) is 5.69. The maximum absolute atomic E-state index is 12.3. The molecule has 2 aromatic heterocycles. The van der Waals surface area contributed by atoms with Gasteiger partial charge in [0.2, 0.25) is 5.13 Å². The molecule has 4 rings (SSSR count). The minimum absolute atomic E-state index is 0.372. The van der Waals surface area contributed by atoms with Gasteiger partial charge in [-0.05, 0) is 24.6 Å². The molecule has 0 fully saturated rings. The number of benzene rings is 2. The first-order chi connectivity index (χ1) is 12.7. The molecule has 26 heavy (non-hydrogen) atoms. The van der Waals surface area contributed by atoms with Gasteiger partial charge in [-0.2, -0.15) is 5.10 Å². The van der Waals surface area contributed by atoms with Gasteiger partial charge in [0.25, 0.3) is 0 Å². The zero-order valence-electron chi connectivity index (χ0n) is 14.0. The van der Waals surface area contributed by atoms with E-state index < -0.39 is 0 Å². The van der Waals surface area contributed by atoms with E-state index in [1.807, 2.05) is 61.5 Å². The third kappa shape index (κ3) is 3.27. The van der Waals surface area contributed by atoms with E-state index in [9.17, 15) is 4.79 Å². The zero-order chi connectivity index (χ0) is 17.9. The molecule has 4 aromatic rings. The van der Waals surface area contributed by atoms with Crippen LogP contribution in [0.4, 0.5) is 5.13 Å². The summed E-state index contributed by atoms with van der Waals surface area (Å²) in [6, 6.07) is 19.2. The highest BCUT2D eigenvalue weighted by atomic mass is 32.1. The van der Waals surface area contributed by atoms with Gasteiger partial charge >= 0.3 is 5.63 Å². The summed E-state index contributed by atoms with van der Waals surface area (Å²) in [5.74, 6) is 0. The van der Waals surface area contributed by atoms with Crippen LogP contribution in [0.25, 0.3) is 21.4 Å². The number of hydrogen-bond acceptors (Lipinski definition) is 6. The van der Waals surface area contributed by atoms with Crippen LogP contribution in [0.3, 0.4) is 0 Å². The van der Waals surface area contributed by atoms with Crippen LogP contribution < -0.4 is 11.1 Å². The molecule has 0 aliphatic carbocycles. The normalized spacial score (nSPS) is 11.7. The summed E-state index contributed by atoms with van der Waals surface area (Å²) < 4.78 is 5.39. The Hall–Kier alpha value is -3.25. The summed E-state index contributed by atoms with van der Waals surface area (Å²) in [6.45, 7) is 1.93. The Kier molecular flexibility index (Phi) is 4.33. The van der Waals surface area contributed by atoms with Gasteiger partial charge in [-0.15, -0.1) is 0 Å². The van der Waals surface area contributed by atoms with Gasteiger partial charge in [0, 0.05) is 11.6 Å². The Morgan fingerprint density at radius 3 is 2.73 bits per heavy atom. The van der Waals surface area contributed by atoms with Gasteiger partial charge in [0.15, 0.2) is 0 Å². The van der Waals surface area contributed by atoms with E-state index in [1.54, 1.807) is 12.3 Å². The first-order valence-electron chi connectivity index (χ1n) is 8.05. The van der Waals surface area contributed by atoms with E-state index in [0.29, 0.717) is 16.3 Å². The largest absolute Gasteiger partial charge is 0.422 e. The monoisotopic (exact) mass is 361 g/mol. The standard InChI is InChI=1S/C20H15N3O2S/c1-13(14-7-3-2-4-8-14)22-23-20-21-12-18(26-20)16-11-15-9-5-6-10-17(15)25-19(16)24/h2-12H,1H3,(H,21,23)/b22-13+. The summed E-state index contributed by atoms with van der Waals surface area (Å²) in [6.07, 6.45) is 1.65. The van der Waals surface area contributed by atoms with E-state index in [2.05, 4.69) is 15.5 Å². The minimum atomic E-state index is -0.372. The van der Waals surface area contributed by atoms with Crippen LogP contribution in [0, 0.1) is 0 Å². The van der Waals surface area contributed by atoms with Crippen LogP contribution >= 0.6 is 11.3 Å². The molecule has 0 radical (unpaired) electrons. The lowest BCUT2D eigenvalue weighted by atomic mass is 10.1. The molecule has 2 heterocycles. The summed E-state index contributed by atoms with van der Waals surface area (Å²) in [4.78, 5) is 17.3. The molecule has 0 amide bonds. The zero-order valence-corrected chi connectivity index (χ0v) is 14.8. The van der Waals surface area contributed by atoms with Gasteiger partial charge < -0.3 is 4.42 Å². The van der Waals surface area contributed by atoms with E-state index in [1.165, 1.54) is 11.3 Å². The minimum Gasteiger partial charge on any atom is -0.422 e. The number of para-hydroxylation sites is 1. The highest BCUT2D eigenvalue weighted by Gasteiger charge is 2.11.